The predicted octanol–water partition coefficient (Wildman–Crippen LogP) is 6.37. The second kappa shape index (κ2) is 11.5. The van der Waals surface area contributed by atoms with Gasteiger partial charge in [0.2, 0.25) is 5.75 Å². The summed E-state index contributed by atoms with van der Waals surface area (Å²) in [6.45, 7) is 2.00. The molecule has 192 valence electrons. The lowest BCUT2D eigenvalue weighted by molar-refractivity contribution is -0.394. The number of rotatable bonds is 9. The first-order valence-electron chi connectivity index (χ1n) is 11.2. The van der Waals surface area contributed by atoms with Crippen LogP contribution < -0.4 is 14.9 Å². The molecule has 0 aliphatic heterocycles. The largest absolute Gasteiger partial charge is 0.490 e. The van der Waals surface area contributed by atoms with E-state index in [9.17, 15) is 25.0 Å². The lowest BCUT2D eigenvalue weighted by atomic mass is 10.1. The molecule has 38 heavy (non-hydrogen) atoms. The summed E-state index contributed by atoms with van der Waals surface area (Å²) in [5.74, 6) is -0.231. The number of nitrogens with zero attached hydrogens (tertiary/aromatic N) is 3. The highest BCUT2D eigenvalue weighted by molar-refractivity contribution is 9.10. The Morgan fingerprint density at radius 1 is 0.974 bits per heavy atom. The van der Waals surface area contributed by atoms with Crippen molar-refractivity contribution in [3.05, 3.63) is 109 Å². The Labute approximate surface area is 224 Å². The monoisotopic (exact) mass is 578 g/mol. The number of nitro benzene ring substituents is 2. The fourth-order valence-corrected chi connectivity index (χ4v) is 4.08. The van der Waals surface area contributed by atoms with Gasteiger partial charge in [0.05, 0.1) is 33.2 Å². The van der Waals surface area contributed by atoms with Gasteiger partial charge in [-0.1, -0.05) is 30.3 Å². The number of carbonyl (C=O) groups is 1. The molecule has 0 aliphatic rings. The van der Waals surface area contributed by atoms with Gasteiger partial charge < -0.3 is 9.47 Å². The third-order valence-corrected chi connectivity index (χ3v) is 5.87. The van der Waals surface area contributed by atoms with Gasteiger partial charge in [0.1, 0.15) is 0 Å². The first kappa shape index (κ1) is 26.2. The van der Waals surface area contributed by atoms with Crippen LogP contribution in [0.3, 0.4) is 0 Å². The van der Waals surface area contributed by atoms with Crippen LogP contribution in [0.25, 0.3) is 10.8 Å². The number of non-ortho nitro benzene ring substituents is 1. The van der Waals surface area contributed by atoms with Gasteiger partial charge in [0, 0.05) is 11.6 Å². The van der Waals surface area contributed by atoms with Crippen molar-refractivity contribution in [2.45, 2.75) is 6.92 Å². The van der Waals surface area contributed by atoms with Gasteiger partial charge in [-0.3, -0.25) is 25.0 Å². The van der Waals surface area contributed by atoms with E-state index in [0.29, 0.717) is 15.6 Å². The summed E-state index contributed by atoms with van der Waals surface area (Å²) in [7, 11) is 0. The maximum atomic E-state index is 12.5. The minimum Gasteiger partial charge on any atom is -0.490 e. The van der Waals surface area contributed by atoms with Gasteiger partial charge in [0.25, 0.3) is 11.6 Å². The molecule has 12 heteroatoms. The normalized spacial score (nSPS) is 10.9. The SMILES string of the molecule is CCOc1cc(/C=N\NC(=O)c2ccc3ccccc3c2)cc(Br)c1Oc1ccc([N+](=O)[O-])cc1[N+](=O)[O-]. The number of nitro groups is 2. The molecule has 4 rings (SSSR count). The van der Waals surface area contributed by atoms with E-state index in [1.165, 1.54) is 6.21 Å². The molecular weight excluding hydrogens is 560 g/mol. The van der Waals surface area contributed by atoms with Crippen molar-refractivity contribution in [2.75, 3.05) is 6.61 Å². The van der Waals surface area contributed by atoms with Gasteiger partial charge in [0.15, 0.2) is 11.5 Å². The Morgan fingerprint density at radius 3 is 2.45 bits per heavy atom. The van der Waals surface area contributed by atoms with Gasteiger partial charge >= 0.3 is 5.69 Å². The van der Waals surface area contributed by atoms with E-state index in [1.54, 1.807) is 31.2 Å². The molecular formula is C26H19BrN4O7. The molecule has 0 aromatic heterocycles. The van der Waals surface area contributed by atoms with Gasteiger partial charge in [-0.25, -0.2) is 5.43 Å². The summed E-state index contributed by atoms with van der Waals surface area (Å²) < 4.78 is 11.8. The number of benzene rings is 4. The smallest absolute Gasteiger partial charge is 0.318 e. The van der Waals surface area contributed by atoms with Gasteiger partial charge in [-0.2, -0.15) is 5.10 Å². The number of hydrazone groups is 1. The van der Waals surface area contributed by atoms with E-state index in [4.69, 9.17) is 9.47 Å². The highest BCUT2D eigenvalue weighted by Gasteiger charge is 2.23. The highest BCUT2D eigenvalue weighted by Crippen LogP contribution is 2.42. The molecule has 0 atom stereocenters. The maximum Gasteiger partial charge on any atom is 0.318 e. The Balaban J connectivity index is 1.56. The average molecular weight is 579 g/mol. The first-order valence-corrected chi connectivity index (χ1v) is 12.0. The number of nitrogens with one attached hydrogen (secondary N) is 1. The van der Waals surface area contributed by atoms with Crippen LogP contribution in [0, 0.1) is 20.2 Å². The van der Waals surface area contributed by atoms with Gasteiger partial charge in [-0.15, -0.1) is 0 Å². The molecule has 4 aromatic carbocycles. The molecule has 0 saturated heterocycles. The van der Waals surface area contributed by atoms with Crippen LogP contribution in [0.1, 0.15) is 22.8 Å². The molecule has 0 radical (unpaired) electrons. The molecule has 0 aliphatic carbocycles. The lowest BCUT2D eigenvalue weighted by Crippen LogP contribution is -2.17. The minimum atomic E-state index is -0.768. The molecule has 1 amide bonds. The third kappa shape index (κ3) is 5.93. The zero-order valence-corrected chi connectivity index (χ0v) is 21.4. The lowest BCUT2D eigenvalue weighted by Gasteiger charge is -2.14. The predicted molar refractivity (Wildman–Crippen MR) is 144 cm³/mol. The van der Waals surface area contributed by atoms with Crippen LogP contribution in [0.15, 0.2) is 82.4 Å². The summed E-state index contributed by atoms with van der Waals surface area (Å²) in [5, 5.41) is 28.5. The molecule has 11 nitrogen and oxygen atoms in total. The van der Waals surface area contributed by atoms with E-state index in [-0.39, 0.29) is 29.8 Å². The maximum absolute atomic E-state index is 12.5. The van der Waals surface area contributed by atoms with Crippen molar-refractivity contribution >= 4 is 50.2 Å². The highest BCUT2D eigenvalue weighted by atomic mass is 79.9. The van der Waals surface area contributed by atoms with Crippen molar-refractivity contribution in [1.29, 1.82) is 0 Å². The first-order chi connectivity index (χ1) is 18.3. The Kier molecular flexibility index (Phi) is 7.92. The molecule has 0 unspecified atom stereocenters. The molecule has 0 spiro atoms. The molecule has 0 heterocycles. The van der Waals surface area contributed by atoms with Crippen molar-refractivity contribution in [2.24, 2.45) is 5.10 Å². The Hall–Kier alpha value is -4.84. The Bertz CT molecular complexity index is 1590. The second-order valence-electron chi connectivity index (χ2n) is 7.79. The van der Waals surface area contributed by atoms with Crippen LogP contribution in [0.5, 0.6) is 17.2 Å². The van der Waals surface area contributed by atoms with Crippen LogP contribution >= 0.6 is 15.9 Å². The summed E-state index contributed by atoms with van der Waals surface area (Å²) in [6.07, 6.45) is 1.41. The number of carbonyl (C=O) groups excluding carboxylic acids is 1. The molecule has 1 N–H and O–H groups in total. The number of hydrogen-bond acceptors (Lipinski definition) is 8. The number of hydrogen-bond donors (Lipinski definition) is 1. The van der Waals surface area contributed by atoms with E-state index in [2.05, 4.69) is 26.5 Å². The number of halogens is 1. The standard InChI is InChI=1S/C26H19BrN4O7/c1-2-37-24-12-16(15-28-29-26(32)19-8-7-17-5-3-4-6-18(17)13-19)11-21(27)25(24)38-23-10-9-20(30(33)34)14-22(23)31(35)36/h3-15H,2H2,1H3,(H,29,32)/b28-15-. The topological polar surface area (TPSA) is 146 Å². The summed E-state index contributed by atoms with van der Waals surface area (Å²) in [6, 6.07) is 19.3. The molecule has 0 bridgehead atoms. The van der Waals surface area contributed by atoms with E-state index in [0.717, 1.165) is 29.0 Å². The van der Waals surface area contributed by atoms with Crippen molar-refractivity contribution in [3.63, 3.8) is 0 Å². The molecule has 4 aromatic rings. The van der Waals surface area contributed by atoms with Crippen molar-refractivity contribution in [3.8, 4) is 17.2 Å². The zero-order chi connectivity index (χ0) is 27.2. The second-order valence-corrected chi connectivity index (χ2v) is 8.65. The zero-order valence-electron chi connectivity index (χ0n) is 19.8. The van der Waals surface area contributed by atoms with E-state index in [1.807, 2.05) is 30.3 Å². The summed E-state index contributed by atoms with van der Waals surface area (Å²) >= 11 is 3.37. The number of ether oxygens (including phenoxy) is 2. The molecule has 0 saturated carbocycles. The molecule has 0 fully saturated rings. The van der Waals surface area contributed by atoms with Crippen LogP contribution in [0.2, 0.25) is 0 Å². The number of amides is 1. The van der Waals surface area contributed by atoms with Crippen LogP contribution in [0.4, 0.5) is 11.4 Å². The van der Waals surface area contributed by atoms with Crippen LogP contribution in [-0.4, -0.2) is 28.6 Å². The van der Waals surface area contributed by atoms with Crippen molar-refractivity contribution in [1.82, 2.24) is 5.43 Å². The quantitative estimate of drug-likeness (QED) is 0.138. The van der Waals surface area contributed by atoms with E-state index < -0.39 is 21.2 Å². The number of fused-ring (bicyclic) bond motifs is 1. The fourth-order valence-electron chi connectivity index (χ4n) is 3.54. The summed E-state index contributed by atoms with van der Waals surface area (Å²) in [5.41, 5.74) is 2.45. The minimum absolute atomic E-state index is 0.126. The summed E-state index contributed by atoms with van der Waals surface area (Å²) in [4.78, 5) is 33.5. The van der Waals surface area contributed by atoms with Crippen LogP contribution in [-0.2, 0) is 0 Å². The Morgan fingerprint density at radius 2 is 1.74 bits per heavy atom. The van der Waals surface area contributed by atoms with Gasteiger partial charge in [-0.05, 0) is 69.5 Å². The average Bonchev–Trinajstić information content (AvgIpc) is 2.90. The third-order valence-electron chi connectivity index (χ3n) is 5.29. The fraction of sp³-hybridized carbons (Fsp3) is 0.0769. The van der Waals surface area contributed by atoms with Crippen molar-refractivity contribution < 1.29 is 24.1 Å². The van der Waals surface area contributed by atoms with E-state index >= 15 is 0 Å².